The summed E-state index contributed by atoms with van der Waals surface area (Å²) in [5.41, 5.74) is 0.503. The van der Waals surface area contributed by atoms with Crippen molar-refractivity contribution in [1.29, 1.82) is 0 Å². The van der Waals surface area contributed by atoms with Crippen LogP contribution in [0.5, 0.6) is 5.75 Å². The minimum atomic E-state index is -0.231. The van der Waals surface area contributed by atoms with Crippen LogP contribution in [0.4, 0.5) is 0 Å². The molecule has 1 aromatic rings. The first-order valence-corrected chi connectivity index (χ1v) is 6.96. The smallest absolute Gasteiger partial charge is 0.170 e. The van der Waals surface area contributed by atoms with Crippen molar-refractivity contribution >= 4 is 21.7 Å². The number of ether oxygens (including phenoxy) is 1. The molecule has 3 rings (SSSR count). The van der Waals surface area contributed by atoms with Crippen LogP contribution in [0.3, 0.4) is 0 Å². The van der Waals surface area contributed by atoms with Gasteiger partial charge in [0.1, 0.15) is 11.4 Å². The van der Waals surface area contributed by atoms with Gasteiger partial charge in [-0.2, -0.15) is 0 Å². The molecule has 0 aromatic heterocycles. The maximum atomic E-state index is 12.2. The minimum absolute atomic E-state index is 0.229. The molecule has 1 unspecified atom stereocenters. The van der Waals surface area contributed by atoms with Gasteiger partial charge in [-0.3, -0.25) is 4.79 Å². The maximum Gasteiger partial charge on any atom is 0.170 e. The third-order valence-corrected chi connectivity index (χ3v) is 4.43. The van der Waals surface area contributed by atoms with E-state index in [2.05, 4.69) is 22.9 Å². The highest BCUT2D eigenvalue weighted by Gasteiger charge is 2.50. The Kier molecular flexibility index (Phi) is 2.54. The Bertz CT molecular complexity index is 479. The van der Waals surface area contributed by atoms with Crippen molar-refractivity contribution < 1.29 is 9.53 Å². The third-order valence-electron chi connectivity index (χ3n) is 3.94. The van der Waals surface area contributed by atoms with E-state index in [1.807, 2.05) is 18.2 Å². The Morgan fingerprint density at radius 1 is 1.47 bits per heavy atom. The molecule has 0 amide bonds. The van der Waals surface area contributed by atoms with Crippen LogP contribution < -0.4 is 4.74 Å². The second-order valence-corrected chi connectivity index (χ2v) is 5.95. The number of rotatable bonds is 2. The van der Waals surface area contributed by atoms with E-state index in [4.69, 9.17) is 4.74 Å². The van der Waals surface area contributed by atoms with Crippen molar-refractivity contribution in [3.05, 3.63) is 28.2 Å². The summed E-state index contributed by atoms with van der Waals surface area (Å²) in [5.74, 6) is 1.56. The van der Waals surface area contributed by atoms with Crippen LogP contribution in [-0.4, -0.2) is 11.4 Å². The van der Waals surface area contributed by atoms with Crippen LogP contribution in [0.1, 0.15) is 43.0 Å². The van der Waals surface area contributed by atoms with Crippen LogP contribution in [0, 0.1) is 5.92 Å². The predicted molar refractivity (Wildman–Crippen MR) is 69.5 cm³/mol. The van der Waals surface area contributed by atoms with Crippen molar-refractivity contribution in [3.63, 3.8) is 0 Å². The molecule has 2 aliphatic rings. The molecule has 1 aliphatic heterocycles. The van der Waals surface area contributed by atoms with Crippen molar-refractivity contribution in [2.45, 2.75) is 38.2 Å². The highest BCUT2D eigenvalue weighted by molar-refractivity contribution is 9.10. The molecule has 0 bridgehead atoms. The lowest BCUT2D eigenvalue weighted by Gasteiger charge is -2.37. The molecule has 0 saturated heterocycles. The van der Waals surface area contributed by atoms with Gasteiger partial charge in [-0.15, -0.1) is 0 Å². The highest BCUT2D eigenvalue weighted by Crippen LogP contribution is 2.49. The first kappa shape index (κ1) is 11.3. The van der Waals surface area contributed by atoms with Gasteiger partial charge in [0.05, 0.1) is 12.0 Å². The molecule has 1 heterocycles. The van der Waals surface area contributed by atoms with Crippen LogP contribution in [0.2, 0.25) is 0 Å². The van der Waals surface area contributed by atoms with Crippen LogP contribution in [0.15, 0.2) is 22.7 Å². The number of carbonyl (C=O) groups excluding carboxylic acids is 1. The summed E-state index contributed by atoms with van der Waals surface area (Å²) >= 11 is 3.43. The van der Waals surface area contributed by atoms with Gasteiger partial charge in [-0.1, -0.05) is 22.9 Å². The summed E-state index contributed by atoms with van der Waals surface area (Å²) in [6.45, 7) is 2.12. The average molecular weight is 295 g/mol. The molecule has 0 radical (unpaired) electrons. The van der Waals surface area contributed by atoms with E-state index in [0.717, 1.165) is 22.2 Å². The van der Waals surface area contributed by atoms with Gasteiger partial charge in [-0.25, -0.2) is 0 Å². The molecule has 90 valence electrons. The van der Waals surface area contributed by atoms with E-state index in [9.17, 15) is 4.79 Å². The van der Waals surface area contributed by atoms with Gasteiger partial charge in [-0.05, 0) is 43.4 Å². The number of Topliss-reactive ketones (excluding diaryl/α,β-unsaturated/α-hetero) is 1. The molecule has 17 heavy (non-hydrogen) atoms. The SMILES string of the molecule is CCC1(C2CC2)CC(=O)c2ccc(Br)cc2O1. The fraction of sp³-hybridized carbons (Fsp3) is 0.500. The normalized spacial score (nSPS) is 27.5. The zero-order valence-corrected chi connectivity index (χ0v) is 11.4. The van der Waals surface area contributed by atoms with E-state index in [-0.39, 0.29) is 11.4 Å². The largest absolute Gasteiger partial charge is 0.486 e. The van der Waals surface area contributed by atoms with Crippen LogP contribution in [-0.2, 0) is 0 Å². The molecule has 0 spiro atoms. The van der Waals surface area contributed by atoms with Gasteiger partial charge in [0.2, 0.25) is 0 Å². The number of ketones is 1. The second-order valence-electron chi connectivity index (χ2n) is 5.04. The Morgan fingerprint density at radius 2 is 2.24 bits per heavy atom. The van der Waals surface area contributed by atoms with Gasteiger partial charge >= 0.3 is 0 Å². The van der Waals surface area contributed by atoms with Gasteiger partial charge in [0.15, 0.2) is 5.78 Å². The third kappa shape index (κ3) is 1.81. The fourth-order valence-electron chi connectivity index (χ4n) is 2.76. The number of carbonyl (C=O) groups is 1. The van der Waals surface area contributed by atoms with Crippen molar-refractivity contribution in [2.75, 3.05) is 0 Å². The molecule has 1 aliphatic carbocycles. The summed E-state index contributed by atoms with van der Waals surface area (Å²) in [6, 6.07) is 5.67. The average Bonchev–Trinajstić information content (AvgIpc) is 3.12. The van der Waals surface area contributed by atoms with E-state index in [1.54, 1.807) is 0 Å². The van der Waals surface area contributed by atoms with Crippen LogP contribution >= 0.6 is 15.9 Å². The number of hydrogen-bond acceptors (Lipinski definition) is 2. The first-order valence-electron chi connectivity index (χ1n) is 6.16. The van der Waals surface area contributed by atoms with E-state index in [1.165, 1.54) is 12.8 Å². The molecule has 3 heteroatoms. The van der Waals surface area contributed by atoms with Gasteiger partial charge in [0, 0.05) is 4.47 Å². The van der Waals surface area contributed by atoms with E-state index in [0.29, 0.717) is 12.3 Å². The number of halogens is 1. The molecule has 1 fully saturated rings. The van der Waals surface area contributed by atoms with Crippen LogP contribution in [0.25, 0.3) is 0 Å². The predicted octanol–water partition coefficient (Wildman–Crippen LogP) is 3.97. The standard InChI is InChI=1S/C14H15BrO2/c1-2-14(9-3-4-9)8-12(16)11-6-5-10(15)7-13(11)17-14/h5-7,9H,2-4,8H2,1H3. The lowest BCUT2D eigenvalue weighted by atomic mass is 9.84. The fourth-order valence-corrected chi connectivity index (χ4v) is 3.10. The zero-order chi connectivity index (χ0) is 12.0. The highest BCUT2D eigenvalue weighted by atomic mass is 79.9. The molecule has 1 atom stereocenters. The number of hydrogen-bond donors (Lipinski definition) is 0. The monoisotopic (exact) mass is 294 g/mol. The summed E-state index contributed by atoms with van der Waals surface area (Å²) in [6.07, 6.45) is 3.85. The number of fused-ring (bicyclic) bond motifs is 1. The summed E-state index contributed by atoms with van der Waals surface area (Å²) in [4.78, 5) is 12.2. The molecular weight excluding hydrogens is 280 g/mol. The Morgan fingerprint density at radius 3 is 2.88 bits per heavy atom. The number of benzene rings is 1. The molecule has 0 N–H and O–H groups in total. The van der Waals surface area contributed by atoms with E-state index < -0.39 is 0 Å². The zero-order valence-electron chi connectivity index (χ0n) is 9.83. The van der Waals surface area contributed by atoms with Crippen molar-refractivity contribution in [1.82, 2.24) is 0 Å². The van der Waals surface area contributed by atoms with Gasteiger partial charge < -0.3 is 4.74 Å². The lowest BCUT2D eigenvalue weighted by molar-refractivity contribution is 0.0212. The topological polar surface area (TPSA) is 26.3 Å². The molecule has 1 saturated carbocycles. The molecule has 2 nitrogen and oxygen atoms in total. The Balaban J connectivity index is 2.03. The quantitative estimate of drug-likeness (QED) is 0.825. The summed E-state index contributed by atoms with van der Waals surface area (Å²) in [5, 5.41) is 0. The Hall–Kier alpha value is -0.830. The maximum absolute atomic E-state index is 12.2. The Labute approximate surface area is 109 Å². The van der Waals surface area contributed by atoms with Gasteiger partial charge in [0.25, 0.3) is 0 Å². The van der Waals surface area contributed by atoms with E-state index >= 15 is 0 Å². The summed E-state index contributed by atoms with van der Waals surface area (Å²) < 4.78 is 7.16. The molecular formula is C14H15BrO2. The first-order chi connectivity index (χ1) is 8.14. The van der Waals surface area contributed by atoms with Crippen molar-refractivity contribution in [3.8, 4) is 5.75 Å². The minimum Gasteiger partial charge on any atom is -0.486 e. The lowest BCUT2D eigenvalue weighted by Crippen LogP contribution is -2.43. The summed E-state index contributed by atoms with van der Waals surface area (Å²) in [7, 11) is 0. The van der Waals surface area contributed by atoms with Crippen molar-refractivity contribution in [2.24, 2.45) is 5.92 Å². The second kappa shape index (κ2) is 3.84. The molecule has 1 aromatic carbocycles.